The van der Waals surface area contributed by atoms with E-state index in [1.54, 1.807) is 12.1 Å². The first-order valence-corrected chi connectivity index (χ1v) is 5.95. The van der Waals surface area contributed by atoms with Gasteiger partial charge in [0, 0.05) is 12.6 Å². The predicted molar refractivity (Wildman–Crippen MR) is 67.7 cm³/mol. The molecule has 0 amide bonds. The number of ether oxygens (including phenoxy) is 2. The fraction of sp³-hybridized carbons (Fsp3) is 0.231. The van der Waals surface area contributed by atoms with Crippen molar-refractivity contribution in [1.82, 2.24) is 15.0 Å². The third kappa shape index (κ3) is 4.43. The summed E-state index contributed by atoms with van der Waals surface area (Å²) in [5.41, 5.74) is 0.231. The average Bonchev–Trinajstić information content (AvgIpc) is 2.47. The van der Waals surface area contributed by atoms with Gasteiger partial charge in [0.1, 0.15) is 5.82 Å². The van der Waals surface area contributed by atoms with Gasteiger partial charge < -0.3 is 24.5 Å². The van der Waals surface area contributed by atoms with E-state index in [1.165, 1.54) is 19.4 Å². The quantitative estimate of drug-likeness (QED) is 0.425. The number of carboxylic acid groups (broad SMARTS) is 1. The van der Waals surface area contributed by atoms with Crippen LogP contribution in [-0.2, 0) is 6.42 Å². The zero-order chi connectivity index (χ0) is 15.2. The third-order valence-corrected chi connectivity index (χ3v) is 2.58. The minimum atomic E-state index is -1.37. The van der Waals surface area contributed by atoms with Gasteiger partial charge in [0.05, 0.1) is 24.8 Å². The van der Waals surface area contributed by atoms with Crippen LogP contribution in [0.4, 0.5) is 0 Å². The molecule has 22 heavy (non-hydrogen) atoms. The molecule has 0 aliphatic heterocycles. The molecule has 0 fully saturated rings. The Bertz CT molecular complexity index is 653. The van der Waals surface area contributed by atoms with E-state index >= 15 is 0 Å². The maximum absolute atomic E-state index is 11.0. The van der Waals surface area contributed by atoms with Crippen molar-refractivity contribution < 1.29 is 43.3 Å². The number of carbonyl (C=O) groups excluding carboxylic acids is 1. The van der Waals surface area contributed by atoms with Crippen LogP contribution >= 0.6 is 0 Å². The molecule has 0 spiro atoms. The molecule has 2 aromatic heterocycles. The number of aliphatic hydroxyl groups is 1. The SMILES string of the molecule is COc1cc(OCO)nc(Cc2cccnc2C(=O)[O-])n1.[Li+]. The number of hydrogen-bond acceptors (Lipinski definition) is 8. The second kappa shape index (κ2) is 8.34. The van der Waals surface area contributed by atoms with Gasteiger partial charge >= 0.3 is 18.9 Å². The molecule has 8 nitrogen and oxygen atoms in total. The van der Waals surface area contributed by atoms with E-state index in [4.69, 9.17) is 14.6 Å². The van der Waals surface area contributed by atoms with Gasteiger partial charge in [-0.25, -0.2) is 0 Å². The van der Waals surface area contributed by atoms with E-state index in [2.05, 4.69) is 15.0 Å². The molecule has 1 N–H and O–H groups in total. The van der Waals surface area contributed by atoms with Gasteiger partial charge in [0.25, 0.3) is 0 Å². The van der Waals surface area contributed by atoms with E-state index in [-0.39, 0.29) is 48.6 Å². The Morgan fingerprint density at radius 1 is 1.36 bits per heavy atom. The maximum atomic E-state index is 11.0. The van der Waals surface area contributed by atoms with Gasteiger partial charge in [-0.1, -0.05) is 6.07 Å². The minimum absolute atomic E-state index is 0. The molecular weight excluding hydrogens is 285 g/mol. The van der Waals surface area contributed by atoms with Gasteiger partial charge in [0.15, 0.2) is 6.79 Å². The largest absolute Gasteiger partial charge is 1.00 e. The molecule has 2 rings (SSSR count). The van der Waals surface area contributed by atoms with Gasteiger partial charge in [-0.3, -0.25) is 4.98 Å². The van der Waals surface area contributed by atoms with Gasteiger partial charge in [-0.2, -0.15) is 9.97 Å². The summed E-state index contributed by atoms with van der Waals surface area (Å²) in [5.74, 6) is -0.741. The number of aliphatic hydroxyl groups excluding tert-OH is 1. The summed E-state index contributed by atoms with van der Waals surface area (Å²) >= 11 is 0. The molecule has 0 bridgehead atoms. The van der Waals surface area contributed by atoms with Crippen molar-refractivity contribution in [2.24, 2.45) is 0 Å². The number of rotatable bonds is 6. The van der Waals surface area contributed by atoms with E-state index < -0.39 is 12.8 Å². The zero-order valence-corrected chi connectivity index (χ0v) is 12.1. The smallest absolute Gasteiger partial charge is 0.543 e. The molecule has 2 aromatic rings. The normalized spacial score (nSPS) is 9.73. The van der Waals surface area contributed by atoms with Crippen molar-refractivity contribution in [2.45, 2.75) is 6.42 Å². The summed E-state index contributed by atoms with van der Waals surface area (Å²) < 4.78 is 9.88. The van der Waals surface area contributed by atoms with Crippen LogP contribution in [0.3, 0.4) is 0 Å². The van der Waals surface area contributed by atoms with Crippen LogP contribution in [0.25, 0.3) is 0 Å². The zero-order valence-electron chi connectivity index (χ0n) is 12.1. The number of carboxylic acids is 1. The summed E-state index contributed by atoms with van der Waals surface area (Å²) in [7, 11) is 1.42. The number of pyridine rings is 1. The van der Waals surface area contributed by atoms with Crippen molar-refractivity contribution >= 4 is 5.97 Å². The molecule has 0 atom stereocenters. The van der Waals surface area contributed by atoms with Gasteiger partial charge in [-0.15, -0.1) is 0 Å². The average molecular weight is 297 g/mol. The van der Waals surface area contributed by atoms with Crippen molar-refractivity contribution in [2.75, 3.05) is 13.9 Å². The van der Waals surface area contributed by atoms with E-state index in [9.17, 15) is 9.90 Å². The van der Waals surface area contributed by atoms with Crippen LogP contribution in [0, 0.1) is 0 Å². The number of methoxy groups -OCH3 is 1. The first-order valence-electron chi connectivity index (χ1n) is 5.95. The number of hydrogen-bond donors (Lipinski definition) is 1. The Hall–Kier alpha value is -2.14. The second-order valence-corrected chi connectivity index (χ2v) is 3.91. The molecule has 9 heteroatoms. The Morgan fingerprint density at radius 3 is 2.73 bits per heavy atom. The first-order chi connectivity index (χ1) is 10.1. The van der Waals surface area contributed by atoms with E-state index in [0.29, 0.717) is 5.56 Å². The number of carbonyl (C=O) groups is 1. The molecule has 0 unspecified atom stereocenters. The van der Waals surface area contributed by atoms with Gasteiger partial charge in [0.2, 0.25) is 11.8 Å². The topological polar surface area (TPSA) is 117 Å². The summed E-state index contributed by atoms with van der Waals surface area (Å²) in [6.45, 7) is -0.545. The molecule has 0 saturated carbocycles. The summed E-state index contributed by atoms with van der Waals surface area (Å²) in [6.07, 6.45) is 1.47. The molecule has 0 aliphatic carbocycles. The minimum Gasteiger partial charge on any atom is -0.543 e. The second-order valence-electron chi connectivity index (χ2n) is 3.91. The molecular formula is C13H12LiN3O5. The Labute approximate surface area is 138 Å². The van der Waals surface area contributed by atoms with Crippen molar-refractivity contribution in [3.63, 3.8) is 0 Å². The van der Waals surface area contributed by atoms with E-state index in [0.717, 1.165) is 0 Å². The van der Waals surface area contributed by atoms with Crippen LogP contribution < -0.4 is 33.4 Å². The number of aromatic carboxylic acids is 1. The Morgan fingerprint density at radius 2 is 2.09 bits per heavy atom. The predicted octanol–water partition coefficient (Wildman–Crippen LogP) is -3.83. The summed E-state index contributed by atoms with van der Waals surface area (Å²) in [5, 5.41) is 19.8. The van der Waals surface area contributed by atoms with E-state index in [1.807, 2.05) is 0 Å². The van der Waals surface area contributed by atoms with Crippen molar-refractivity contribution in [3.05, 3.63) is 41.5 Å². The van der Waals surface area contributed by atoms with Crippen molar-refractivity contribution in [3.8, 4) is 11.8 Å². The van der Waals surface area contributed by atoms with Crippen LogP contribution in [0.5, 0.6) is 11.8 Å². The van der Waals surface area contributed by atoms with Gasteiger partial charge in [-0.05, 0) is 11.6 Å². The van der Waals surface area contributed by atoms with Crippen LogP contribution in [0.1, 0.15) is 21.9 Å². The number of aromatic nitrogens is 3. The molecule has 0 radical (unpaired) electrons. The first kappa shape index (κ1) is 17.9. The number of nitrogens with zero attached hydrogens (tertiary/aromatic N) is 3. The van der Waals surface area contributed by atoms with Crippen LogP contribution in [0.2, 0.25) is 0 Å². The summed E-state index contributed by atoms with van der Waals surface area (Å²) in [4.78, 5) is 22.9. The van der Waals surface area contributed by atoms with Crippen LogP contribution in [0.15, 0.2) is 24.4 Å². The third-order valence-electron chi connectivity index (χ3n) is 2.58. The maximum Gasteiger partial charge on any atom is 1.00 e. The standard InChI is InChI=1S/C13H13N3O5.Li/c1-20-10-6-11(21-7-17)16-9(15-10)5-8-3-2-4-14-12(8)13(18)19;/h2-4,6,17H,5,7H2,1H3,(H,18,19);/q;+1/p-1. The Kier molecular flexibility index (Phi) is 6.79. The van der Waals surface area contributed by atoms with Crippen LogP contribution in [-0.4, -0.2) is 39.9 Å². The fourth-order valence-corrected chi connectivity index (χ4v) is 1.71. The molecule has 2 heterocycles. The molecule has 0 saturated heterocycles. The molecule has 0 aliphatic rings. The fourth-order valence-electron chi connectivity index (χ4n) is 1.71. The molecule has 110 valence electrons. The Balaban J connectivity index is 0.00000242. The monoisotopic (exact) mass is 297 g/mol. The molecule has 0 aromatic carbocycles. The summed E-state index contributed by atoms with van der Waals surface area (Å²) in [6, 6.07) is 4.60. The van der Waals surface area contributed by atoms with Crippen molar-refractivity contribution in [1.29, 1.82) is 0 Å².